The highest BCUT2D eigenvalue weighted by molar-refractivity contribution is 6.07. The molecule has 1 fully saturated rings. The van der Waals surface area contributed by atoms with Gasteiger partial charge in [-0.25, -0.2) is 4.98 Å². The largest absolute Gasteiger partial charge is 0.342 e. The molecule has 0 bridgehead atoms. The number of hydrogen-bond donors (Lipinski definition) is 1. The summed E-state index contributed by atoms with van der Waals surface area (Å²) < 4.78 is 1.74. The summed E-state index contributed by atoms with van der Waals surface area (Å²) in [5, 5.41) is 8.27. The Balaban J connectivity index is 1.75. The van der Waals surface area contributed by atoms with E-state index in [9.17, 15) is 4.79 Å². The highest BCUT2D eigenvalue weighted by atomic mass is 16.1. The van der Waals surface area contributed by atoms with Crippen molar-refractivity contribution in [2.45, 2.75) is 39.7 Å². The molecule has 6 nitrogen and oxygen atoms in total. The van der Waals surface area contributed by atoms with E-state index < -0.39 is 0 Å². The van der Waals surface area contributed by atoms with E-state index in [-0.39, 0.29) is 11.9 Å². The van der Waals surface area contributed by atoms with Crippen molar-refractivity contribution in [2.75, 3.05) is 0 Å². The number of nitrogens with one attached hydrogen (secondary N) is 1. The van der Waals surface area contributed by atoms with Crippen LogP contribution in [0.3, 0.4) is 0 Å². The molecule has 0 saturated heterocycles. The first-order valence-corrected chi connectivity index (χ1v) is 8.97. The van der Waals surface area contributed by atoms with E-state index >= 15 is 0 Å². The number of carbonyl (C=O) groups is 1. The van der Waals surface area contributed by atoms with Crippen molar-refractivity contribution in [1.29, 1.82) is 0 Å². The van der Waals surface area contributed by atoms with Crippen LogP contribution in [0.2, 0.25) is 0 Å². The average molecular weight is 349 g/mol. The summed E-state index contributed by atoms with van der Waals surface area (Å²) in [6.07, 6.45) is 3.74. The van der Waals surface area contributed by atoms with Gasteiger partial charge in [-0.1, -0.05) is 11.6 Å². The van der Waals surface area contributed by atoms with Gasteiger partial charge in [0.15, 0.2) is 0 Å². The van der Waals surface area contributed by atoms with Crippen LogP contribution in [-0.4, -0.2) is 25.7 Å². The second-order valence-electron chi connectivity index (χ2n) is 7.32. The molecule has 4 rings (SSSR count). The quantitative estimate of drug-likeness (QED) is 0.785. The number of benzene rings is 1. The van der Waals surface area contributed by atoms with Gasteiger partial charge < -0.3 is 5.32 Å². The smallest absolute Gasteiger partial charge is 0.252 e. The third kappa shape index (κ3) is 2.96. The Labute approximate surface area is 152 Å². The Morgan fingerprint density at radius 3 is 2.65 bits per heavy atom. The SMILES string of the molecule is Cc1cc(C)c2nc(C)cc(C(=O)N[C@H](c3ncnn3C)C3CC3)c2c1. The first-order valence-electron chi connectivity index (χ1n) is 8.97. The average Bonchev–Trinajstić information content (AvgIpc) is 3.34. The molecule has 26 heavy (non-hydrogen) atoms. The summed E-state index contributed by atoms with van der Waals surface area (Å²) >= 11 is 0. The van der Waals surface area contributed by atoms with E-state index in [1.807, 2.05) is 40.0 Å². The molecule has 0 spiro atoms. The zero-order valence-electron chi connectivity index (χ0n) is 15.6. The lowest BCUT2D eigenvalue weighted by molar-refractivity contribution is 0.0930. The lowest BCUT2D eigenvalue weighted by atomic mass is 10.0. The number of aromatic nitrogens is 4. The van der Waals surface area contributed by atoms with Crippen LogP contribution in [0.1, 0.15) is 51.9 Å². The summed E-state index contributed by atoms with van der Waals surface area (Å²) in [5.74, 6) is 1.16. The molecule has 2 heterocycles. The predicted molar refractivity (Wildman–Crippen MR) is 99.9 cm³/mol. The third-order valence-corrected chi connectivity index (χ3v) is 5.03. The monoisotopic (exact) mass is 349 g/mol. The number of nitrogens with zero attached hydrogens (tertiary/aromatic N) is 4. The van der Waals surface area contributed by atoms with Crippen molar-refractivity contribution in [3.05, 3.63) is 52.7 Å². The molecule has 1 atom stereocenters. The Kier molecular flexibility index (Phi) is 3.98. The zero-order chi connectivity index (χ0) is 18.4. The number of amides is 1. The fourth-order valence-electron chi connectivity index (χ4n) is 3.63. The molecular formula is C20H23N5O. The van der Waals surface area contributed by atoms with Gasteiger partial charge >= 0.3 is 0 Å². The highest BCUT2D eigenvalue weighted by Gasteiger charge is 2.36. The van der Waals surface area contributed by atoms with E-state index in [4.69, 9.17) is 0 Å². The molecule has 1 amide bonds. The van der Waals surface area contributed by atoms with Crippen LogP contribution in [0.25, 0.3) is 10.9 Å². The molecule has 3 aromatic rings. The van der Waals surface area contributed by atoms with Gasteiger partial charge in [0, 0.05) is 18.1 Å². The van der Waals surface area contributed by atoms with Gasteiger partial charge in [-0.3, -0.25) is 14.5 Å². The summed E-state index contributed by atoms with van der Waals surface area (Å²) in [7, 11) is 1.86. The van der Waals surface area contributed by atoms with Gasteiger partial charge in [0.05, 0.1) is 17.1 Å². The summed E-state index contributed by atoms with van der Waals surface area (Å²) in [6, 6.07) is 5.91. The molecule has 1 aliphatic rings. The minimum absolute atomic E-state index is 0.0783. The van der Waals surface area contributed by atoms with Gasteiger partial charge in [0.2, 0.25) is 0 Å². The molecule has 1 N–H and O–H groups in total. The minimum Gasteiger partial charge on any atom is -0.342 e. The molecular weight excluding hydrogens is 326 g/mol. The maximum absolute atomic E-state index is 13.2. The maximum atomic E-state index is 13.2. The summed E-state index contributed by atoms with van der Waals surface area (Å²) in [4.78, 5) is 22.2. The fraction of sp³-hybridized carbons (Fsp3) is 0.400. The molecule has 1 aliphatic carbocycles. The number of fused-ring (bicyclic) bond motifs is 1. The van der Waals surface area contributed by atoms with E-state index in [1.165, 1.54) is 6.33 Å². The standard InChI is InChI=1S/C20H23N5O/c1-11-7-12(2)17-15(8-11)16(9-13(3)23-17)20(26)24-18(14-5-6-14)19-21-10-22-25(19)4/h7-10,14,18H,5-6H2,1-4H3,(H,24,26)/t18-/m0/s1. The van der Waals surface area contributed by atoms with Crippen LogP contribution in [0.5, 0.6) is 0 Å². The first-order chi connectivity index (χ1) is 12.4. The van der Waals surface area contributed by atoms with Crippen LogP contribution in [0, 0.1) is 26.7 Å². The van der Waals surface area contributed by atoms with Gasteiger partial charge in [-0.15, -0.1) is 0 Å². The Bertz CT molecular complexity index is 1000. The molecule has 0 aliphatic heterocycles. The van der Waals surface area contributed by atoms with Crippen molar-refractivity contribution in [1.82, 2.24) is 25.1 Å². The Morgan fingerprint density at radius 2 is 2.00 bits per heavy atom. The van der Waals surface area contributed by atoms with E-state index in [1.54, 1.807) is 4.68 Å². The van der Waals surface area contributed by atoms with Crippen LogP contribution < -0.4 is 5.32 Å². The van der Waals surface area contributed by atoms with Gasteiger partial charge in [0.25, 0.3) is 5.91 Å². The zero-order valence-corrected chi connectivity index (χ0v) is 15.6. The van der Waals surface area contributed by atoms with Crippen LogP contribution in [0.4, 0.5) is 0 Å². The lowest BCUT2D eigenvalue weighted by Crippen LogP contribution is -2.32. The molecule has 0 unspecified atom stereocenters. The van der Waals surface area contributed by atoms with Crippen molar-refractivity contribution in [3.63, 3.8) is 0 Å². The summed E-state index contributed by atoms with van der Waals surface area (Å²) in [6.45, 7) is 6.01. The lowest BCUT2D eigenvalue weighted by Gasteiger charge is -2.18. The van der Waals surface area contributed by atoms with Crippen molar-refractivity contribution >= 4 is 16.8 Å². The maximum Gasteiger partial charge on any atom is 0.252 e. The third-order valence-electron chi connectivity index (χ3n) is 5.03. The van der Waals surface area contributed by atoms with Crippen molar-refractivity contribution < 1.29 is 4.79 Å². The Hall–Kier alpha value is -2.76. The highest BCUT2D eigenvalue weighted by Crippen LogP contribution is 2.40. The molecule has 2 aromatic heterocycles. The van der Waals surface area contributed by atoms with Crippen LogP contribution in [0.15, 0.2) is 24.5 Å². The number of hydrogen-bond acceptors (Lipinski definition) is 4. The second kappa shape index (κ2) is 6.20. The number of rotatable bonds is 4. The molecule has 134 valence electrons. The van der Waals surface area contributed by atoms with Crippen molar-refractivity contribution in [2.24, 2.45) is 13.0 Å². The summed E-state index contributed by atoms with van der Waals surface area (Å²) in [5.41, 5.74) is 4.62. The predicted octanol–water partition coefficient (Wildman–Crippen LogP) is 3.17. The topological polar surface area (TPSA) is 72.7 Å². The Morgan fingerprint density at radius 1 is 1.23 bits per heavy atom. The minimum atomic E-state index is -0.107. The molecule has 1 aromatic carbocycles. The number of pyridine rings is 1. The number of carbonyl (C=O) groups excluding carboxylic acids is 1. The normalized spacial score (nSPS) is 15.2. The van der Waals surface area contributed by atoms with Gasteiger partial charge in [-0.2, -0.15) is 5.10 Å². The number of aryl methyl sites for hydroxylation is 4. The second-order valence-corrected chi connectivity index (χ2v) is 7.32. The van der Waals surface area contributed by atoms with Crippen LogP contribution >= 0.6 is 0 Å². The van der Waals surface area contributed by atoms with E-state index in [2.05, 4.69) is 26.4 Å². The molecule has 6 heteroatoms. The first kappa shape index (κ1) is 16.7. The van der Waals surface area contributed by atoms with Crippen molar-refractivity contribution in [3.8, 4) is 0 Å². The fourth-order valence-corrected chi connectivity index (χ4v) is 3.63. The van der Waals surface area contributed by atoms with Gasteiger partial charge in [0.1, 0.15) is 12.2 Å². The van der Waals surface area contributed by atoms with Gasteiger partial charge in [-0.05, 0) is 57.2 Å². The van der Waals surface area contributed by atoms with Crippen LogP contribution in [-0.2, 0) is 7.05 Å². The molecule has 0 radical (unpaired) electrons. The molecule has 1 saturated carbocycles. The van der Waals surface area contributed by atoms with E-state index in [0.29, 0.717) is 11.5 Å². The van der Waals surface area contributed by atoms with E-state index in [0.717, 1.165) is 46.4 Å².